The molecule has 2 N–H and O–H groups in total. The number of fused-ring (bicyclic) bond motifs is 1. The summed E-state index contributed by atoms with van der Waals surface area (Å²) in [7, 11) is 0. The number of aromatic amines is 1. The summed E-state index contributed by atoms with van der Waals surface area (Å²) in [6.45, 7) is 2.91. The Kier molecular flexibility index (Phi) is 6.00. The van der Waals surface area contributed by atoms with E-state index in [4.69, 9.17) is 9.47 Å². The van der Waals surface area contributed by atoms with Crippen LogP contribution in [0.4, 0.5) is 0 Å². The van der Waals surface area contributed by atoms with E-state index in [1.165, 1.54) is 17.3 Å². The molecule has 7 nitrogen and oxygen atoms in total. The van der Waals surface area contributed by atoms with Crippen LogP contribution >= 0.6 is 11.8 Å². The molecule has 150 valence electrons. The number of nitrogens with one attached hydrogen (secondary N) is 2. The summed E-state index contributed by atoms with van der Waals surface area (Å²) in [6, 6.07) is 15.7. The Balaban J connectivity index is 1.23. The van der Waals surface area contributed by atoms with E-state index in [1.54, 1.807) is 0 Å². The number of para-hydroxylation sites is 2. The number of benzene rings is 2. The van der Waals surface area contributed by atoms with Gasteiger partial charge in [-0.25, -0.2) is 4.98 Å². The van der Waals surface area contributed by atoms with Crippen molar-refractivity contribution in [3.63, 3.8) is 0 Å². The van der Waals surface area contributed by atoms with Crippen LogP contribution in [-0.2, 0) is 11.2 Å². The quantitative estimate of drug-likeness (QED) is 0.582. The lowest BCUT2D eigenvalue weighted by atomic mass is 10.1. The summed E-state index contributed by atoms with van der Waals surface area (Å²) in [5, 5.41) is 10.5. The first-order valence-corrected chi connectivity index (χ1v) is 10.5. The van der Waals surface area contributed by atoms with E-state index in [2.05, 4.69) is 39.6 Å². The minimum Gasteiger partial charge on any atom is -0.486 e. The first-order chi connectivity index (χ1) is 14.2. The molecule has 0 unspecified atom stereocenters. The Bertz CT molecular complexity index is 974. The van der Waals surface area contributed by atoms with Gasteiger partial charge in [0, 0.05) is 5.56 Å². The zero-order valence-corrected chi connectivity index (χ0v) is 16.9. The molecule has 4 rings (SSSR count). The van der Waals surface area contributed by atoms with E-state index >= 15 is 0 Å². The first kappa shape index (κ1) is 19.3. The van der Waals surface area contributed by atoms with Gasteiger partial charge in [0.05, 0.1) is 12.3 Å². The molecule has 8 heteroatoms. The molecule has 1 aliphatic heterocycles. The fraction of sp³-hybridized carbons (Fsp3) is 0.286. The third-order valence-electron chi connectivity index (χ3n) is 4.53. The van der Waals surface area contributed by atoms with Gasteiger partial charge < -0.3 is 14.8 Å². The summed E-state index contributed by atoms with van der Waals surface area (Å²) < 4.78 is 11.5. The molecular weight excluding hydrogens is 388 g/mol. The molecule has 0 fully saturated rings. The zero-order chi connectivity index (χ0) is 20.1. The largest absolute Gasteiger partial charge is 0.486 e. The predicted molar refractivity (Wildman–Crippen MR) is 111 cm³/mol. The van der Waals surface area contributed by atoms with Crippen molar-refractivity contribution in [1.82, 2.24) is 20.5 Å². The molecule has 3 aromatic rings. The van der Waals surface area contributed by atoms with Crippen LogP contribution in [0.1, 0.15) is 12.5 Å². The summed E-state index contributed by atoms with van der Waals surface area (Å²) in [5.41, 5.74) is 2.25. The number of ether oxygens (including phenoxy) is 2. The van der Waals surface area contributed by atoms with Gasteiger partial charge in [-0.05, 0) is 24.1 Å². The van der Waals surface area contributed by atoms with Crippen LogP contribution in [0.3, 0.4) is 0 Å². The maximum atomic E-state index is 12.2. The molecule has 0 spiro atoms. The Morgan fingerprint density at radius 3 is 2.79 bits per heavy atom. The SMILES string of the molecule is CCc1ccc(-c2nc(SCC(=O)NC[C@H]3COc4ccccc4O3)n[nH]2)cc1. The summed E-state index contributed by atoms with van der Waals surface area (Å²) in [6.07, 6.45) is 0.789. The normalized spacial score (nSPS) is 15.1. The second-order valence-electron chi connectivity index (χ2n) is 6.61. The van der Waals surface area contributed by atoms with Crippen LogP contribution in [0.5, 0.6) is 11.5 Å². The molecule has 1 amide bonds. The van der Waals surface area contributed by atoms with Crippen LogP contribution in [0.15, 0.2) is 53.7 Å². The lowest BCUT2D eigenvalue weighted by Gasteiger charge is -2.26. The fourth-order valence-electron chi connectivity index (χ4n) is 2.91. The monoisotopic (exact) mass is 410 g/mol. The van der Waals surface area contributed by atoms with Gasteiger partial charge in [-0.15, -0.1) is 5.10 Å². The van der Waals surface area contributed by atoms with E-state index in [-0.39, 0.29) is 17.8 Å². The first-order valence-electron chi connectivity index (χ1n) is 9.51. The Labute approximate surface area is 173 Å². The van der Waals surface area contributed by atoms with Crippen LogP contribution in [-0.4, -0.2) is 46.1 Å². The molecule has 2 aromatic carbocycles. The number of amides is 1. The smallest absolute Gasteiger partial charge is 0.230 e. The van der Waals surface area contributed by atoms with Crippen molar-refractivity contribution < 1.29 is 14.3 Å². The number of aromatic nitrogens is 3. The molecule has 0 saturated heterocycles. The number of nitrogens with zero attached hydrogens (tertiary/aromatic N) is 2. The highest BCUT2D eigenvalue weighted by Crippen LogP contribution is 2.30. The average molecular weight is 410 g/mol. The summed E-state index contributed by atoms with van der Waals surface area (Å²) >= 11 is 1.29. The number of H-pyrrole nitrogens is 1. The third-order valence-corrected chi connectivity index (χ3v) is 5.37. The molecule has 1 aliphatic rings. The van der Waals surface area contributed by atoms with Crippen LogP contribution in [0, 0.1) is 0 Å². The Morgan fingerprint density at radius 2 is 2.00 bits per heavy atom. The van der Waals surface area contributed by atoms with Crippen molar-refractivity contribution >= 4 is 17.7 Å². The number of hydrogen-bond acceptors (Lipinski definition) is 6. The number of thioether (sulfide) groups is 1. The highest BCUT2D eigenvalue weighted by molar-refractivity contribution is 7.99. The molecule has 2 heterocycles. The van der Waals surface area contributed by atoms with Gasteiger partial charge in [-0.2, -0.15) is 0 Å². The van der Waals surface area contributed by atoms with Gasteiger partial charge in [0.1, 0.15) is 12.7 Å². The molecule has 0 saturated carbocycles. The Hall–Kier alpha value is -3.00. The number of carbonyl (C=O) groups is 1. The van der Waals surface area contributed by atoms with E-state index in [0.29, 0.717) is 29.9 Å². The Morgan fingerprint density at radius 1 is 1.21 bits per heavy atom. The van der Waals surface area contributed by atoms with E-state index in [0.717, 1.165) is 17.7 Å². The zero-order valence-electron chi connectivity index (χ0n) is 16.1. The van der Waals surface area contributed by atoms with Gasteiger partial charge in [0.15, 0.2) is 17.3 Å². The summed E-state index contributed by atoms with van der Waals surface area (Å²) in [4.78, 5) is 16.6. The van der Waals surface area contributed by atoms with E-state index in [1.807, 2.05) is 36.4 Å². The lowest BCUT2D eigenvalue weighted by molar-refractivity contribution is -0.119. The standard InChI is InChI=1S/C21H22N4O3S/c1-2-14-7-9-15(10-8-14)20-23-21(25-24-20)29-13-19(26)22-11-16-12-27-17-5-3-4-6-18(17)28-16/h3-10,16H,2,11-13H2,1H3,(H,22,26)(H,23,24,25)/t16-/m0/s1. The number of hydrogen-bond donors (Lipinski definition) is 2. The van der Waals surface area contributed by atoms with Gasteiger partial charge >= 0.3 is 0 Å². The van der Waals surface area contributed by atoms with Crippen LogP contribution in [0.2, 0.25) is 0 Å². The van der Waals surface area contributed by atoms with Gasteiger partial charge in [0.2, 0.25) is 11.1 Å². The van der Waals surface area contributed by atoms with Gasteiger partial charge in [-0.3, -0.25) is 9.89 Å². The van der Waals surface area contributed by atoms with Gasteiger partial charge in [0.25, 0.3) is 0 Å². The van der Waals surface area contributed by atoms with Crippen molar-refractivity contribution in [2.75, 3.05) is 18.9 Å². The van der Waals surface area contributed by atoms with E-state index < -0.39 is 0 Å². The number of aryl methyl sites for hydroxylation is 1. The summed E-state index contributed by atoms with van der Waals surface area (Å²) in [5.74, 6) is 2.26. The van der Waals surface area contributed by atoms with Crippen molar-refractivity contribution in [3.05, 3.63) is 54.1 Å². The van der Waals surface area contributed by atoms with Crippen molar-refractivity contribution in [2.24, 2.45) is 0 Å². The second kappa shape index (κ2) is 9.00. The molecule has 1 aromatic heterocycles. The maximum Gasteiger partial charge on any atom is 0.230 e. The highest BCUT2D eigenvalue weighted by Gasteiger charge is 2.21. The third kappa shape index (κ3) is 4.89. The predicted octanol–water partition coefficient (Wildman–Crippen LogP) is 3.08. The van der Waals surface area contributed by atoms with Crippen molar-refractivity contribution in [2.45, 2.75) is 24.6 Å². The van der Waals surface area contributed by atoms with Gasteiger partial charge in [-0.1, -0.05) is 55.1 Å². The lowest BCUT2D eigenvalue weighted by Crippen LogP contribution is -2.41. The topological polar surface area (TPSA) is 89.1 Å². The van der Waals surface area contributed by atoms with Crippen molar-refractivity contribution in [1.29, 1.82) is 0 Å². The minimum atomic E-state index is -0.208. The van der Waals surface area contributed by atoms with E-state index in [9.17, 15) is 4.79 Å². The van der Waals surface area contributed by atoms with Crippen molar-refractivity contribution in [3.8, 4) is 22.9 Å². The molecule has 1 atom stereocenters. The molecule has 0 bridgehead atoms. The average Bonchev–Trinajstić information content (AvgIpc) is 3.25. The molecule has 0 aliphatic carbocycles. The number of carbonyl (C=O) groups excluding carboxylic acids is 1. The highest BCUT2D eigenvalue weighted by atomic mass is 32.2. The molecular formula is C21H22N4O3S. The maximum absolute atomic E-state index is 12.2. The fourth-order valence-corrected chi connectivity index (χ4v) is 3.54. The second-order valence-corrected chi connectivity index (χ2v) is 7.55. The minimum absolute atomic E-state index is 0.101. The van der Waals surface area contributed by atoms with Crippen LogP contribution < -0.4 is 14.8 Å². The number of rotatable bonds is 7. The molecule has 29 heavy (non-hydrogen) atoms. The molecule has 0 radical (unpaired) electrons. The van der Waals surface area contributed by atoms with Crippen LogP contribution in [0.25, 0.3) is 11.4 Å².